The zero-order valence-electron chi connectivity index (χ0n) is 18.4. The largest absolute Gasteiger partial charge is 0.468 e. The Labute approximate surface area is 189 Å². The minimum Gasteiger partial charge on any atom is -0.468 e. The summed E-state index contributed by atoms with van der Waals surface area (Å²) in [5, 5.41) is 4.92. The van der Waals surface area contributed by atoms with Crippen molar-refractivity contribution in [3.63, 3.8) is 0 Å². The standard InChI is InChI=1S/C24H29N3O4S/c1-26(2)22(23-8-5-15-31-23)17-25-24(28)19-11-13-27(14-12-19)32(29,30)21-10-9-18-6-3-4-7-20(18)16-21/h3-10,15-16,19,22H,11-14,17H2,1-2H3,(H,25,28). The summed E-state index contributed by atoms with van der Waals surface area (Å²) in [6.07, 6.45) is 2.64. The second kappa shape index (κ2) is 9.44. The molecule has 1 amide bonds. The van der Waals surface area contributed by atoms with Crippen LogP contribution in [-0.4, -0.2) is 57.3 Å². The number of carbonyl (C=O) groups is 1. The first-order chi connectivity index (χ1) is 15.4. The average molecular weight is 456 g/mol. The van der Waals surface area contributed by atoms with E-state index in [-0.39, 0.29) is 17.9 Å². The normalized spacial score (nSPS) is 17.0. The number of furan rings is 1. The summed E-state index contributed by atoms with van der Waals surface area (Å²) in [5.41, 5.74) is 0. The van der Waals surface area contributed by atoms with E-state index in [0.29, 0.717) is 37.4 Å². The summed E-state index contributed by atoms with van der Waals surface area (Å²) >= 11 is 0. The fraction of sp³-hybridized carbons (Fsp3) is 0.375. The molecule has 2 heterocycles. The second-order valence-electron chi connectivity index (χ2n) is 8.43. The molecule has 1 aromatic heterocycles. The average Bonchev–Trinajstić information content (AvgIpc) is 3.33. The van der Waals surface area contributed by atoms with Crippen molar-refractivity contribution in [3.05, 3.63) is 66.6 Å². The molecule has 2 aromatic carbocycles. The molecule has 1 atom stereocenters. The van der Waals surface area contributed by atoms with Gasteiger partial charge in [0.05, 0.1) is 17.2 Å². The number of hydrogen-bond donors (Lipinski definition) is 1. The van der Waals surface area contributed by atoms with Gasteiger partial charge in [0.25, 0.3) is 0 Å². The maximum absolute atomic E-state index is 13.1. The molecular weight excluding hydrogens is 426 g/mol. The zero-order chi connectivity index (χ0) is 22.7. The van der Waals surface area contributed by atoms with Gasteiger partial charge < -0.3 is 9.73 Å². The fourth-order valence-corrected chi connectivity index (χ4v) is 5.70. The van der Waals surface area contributed by atoms with E-state index in [4.69, 9.17) is 4.42 Å². The molecule has 0 aliphatic carbocycles. The Morgan fingerprint density at radius 1 is 1.09 bits per heavy atom. The lowest BCUT2D eigenvalue weighted by Gasteiger charge is -2.31. The highest BCUT2D eigenvalue weighted by Gasteiger charge is 2.32. The molecule has 0 bridgehead atoms. The molecule has 7 nitrogen and oxygen atoms in total. The van der Waals surface area contributed by atoms with Gasteiger partial charge in [-0.1, -0.05) is 30.3 Å². The summed E-state index contributed by atoms with van der Waals surface area (Å²) in [6, 6.07) is 16.6. The summed E-state index contributed by atoms with van der Waals surface area (Å²) in [4.78, 5) is 15.0. The number of benzene rings is 2. The first kappa shape index (κ1) is 22.5. The molecule has 0 spiro atoms. The molecule has 1 aliphatic rings. The zero-order valence-corrected chi connectivity index (χ0v) is 19.2. The third-order valence-corrected chi connectivity index (χ3v) is 8.04. The van der Waals surface area contributed by atoms with Gasteiger partial charge in [-0.2, -0.15) is 4.31 Å². The number of carbonyl (C=O) groups excluding carboxylic acids is 1. The van der Waals surface area contributed by atoms with E-state index < -0.39 is 10.0 Å². The number of sulfonamides is 1. The van der Waals surface area contributed by atoms with Crippen LogP contribution in [0.2, 0.25) is 0 Å². The maximum atomic E-state index is 13.1. The van der Waals surface area contributed by atoms with Crippen molar-refractivity contribution in [2.75, 3.05) is 33.7 Å². The highest BCUT2D eigenvalue weighted by atomic mass is 32.2. The molecule has 1 N–H and O–H groups in total. The first-order valence-electron chi connectivity index (χ1n) is 10.8. The van der Waals surface area contributed by atoms with Crippen LogP contribution < -0.4 is 5.32 Å². The van der Waals surface area contributed by atoms with Crippen molar-refractivity contribution in [2.24, 2.45) is 5.92 Å². The van der Waals surface area contributed by atoms with Crippen molar-refractivity contribution < 1.29 is 17.6 Å². The minimum atomic E-state index is -3.59. The monoisotopic (exact) mass is 455 g/mol. The Balaban J connectivity index is 1.36. The van der Waals surface area contributed by atoms with Crippen LogP contribution >= 0.6 is 0 Å². The molecule has 8 heteroatoms. The number of piperidine rings is 1. The van der Waals surface area contributed by atoms with Crippen LogP contribution in [0.3, 0.4) is 0 Å². The van der Waals surface area contributed by atoms with Crippen LogP contribution in [0.4, 0.5) is 0 Å². The number of fused-ring (bicyclic) bond motifs is 1. The molecule has 0 saturated carbocycles. The SMILES string of the molecule is CN(C)C(CNC(=O)C1CCN(S(=O)(=O)c2ccc3ccccc3c2)CC1)c1ccco1. The number of nitrogens with one attached hydrogen (secondary N) is 1. The van der Waals surface area contributed by atoms with E-state index in [1.54, 1.807) is 18.4 Å². The van der Waals surface area contributed by atoms with Gasteiger partial charge >= 0.3 is 0 Å². The lowest BCUT2D eigenvalue weighted by atomic mass is 9.97. The first-order valence-corrected chi connectivity index (χ1v) is 12.3. The number of nitrogens with zero attached hydrogens (tertiary/aromatic N) is 2. The molecule has 32 heavy (non-hydrogen) atoms. The summed E-state index contributed by atoms with van der Waals surface area (Å²) in [5.74, 6) is 0.565. The van der Waals surface area contributed by atoms with Gasteiger partial charge in [0.1, 0.15) is 5.76 Å². The van der Waals surface area contributed by atoms with Crippen LogP contribution in [0, 0.1) is 5.92 Å². The molecular formula is C24H29N3O4S. The van der Waals surface area contributed by atoms with E-state index in [1.807, 2.05) is 61.5 Å². The van der Waals surface area contributed by atoms with Gasteiger partial charge in [-0.15, -0.1) is 0 Å². The minimum absolute atomic E-state index is 0.0360. The highest BCUT2D eigenvalue weighted by molar-refractivity contribution is 7.89. The Kier molecular flexibility index (Phi) is 6.64. The lowest BCUT2D eigenvalue weighted by molar-refractivity contribution is -0.126. The van der Waals surface area contributed by atoms with Crippen molar-refractivity contribution in [1.82, 2.24) is 14.5 Å². The molecule has 4 rings (SSSR count). The van der Waals surface area contributed by atoms with Gasteiger partial charge in [0.2, 0.25) is 15.9 Å². The maximum Gasteiger partial charge on any atom is 0.243 e. The van der Waals surface area contributed by atoms with Gasteiger partial charge in [0, 0.05) is 25.6 Å². The number of amides is 1. The molecule has 1 aliphatic heterocycles. The fourth-order valence-electron chi connectivity index (χ4n) is 4.20. The molecule has 1 unspecified atom stereocenters. The molecule has 170 valence electrons. The van der Waals surface area contributed by atoms with Crippen LogP contribution in [0.25, 0.3) is 10.8 Å². The predicted octanol–water partition coefficient (Wildman–Crippen LogP) is 3.25. The highest BCUT2D eigenvalue weighted by Crippen LogP contribution is 2.26. The third-order valence-electron chi connectivity index (χ3n) is 6.15. The van der Waals surface area contributed by atoms with Crippen LogP contribution in [0.15, 0.2) is 70.2 Å². The molecule has 1 fully saturated rings. The quantitative estimate of drug-likeness (QED) is 0.591. The third kappa shape index (κ3) is 4.72. The Hall–Kier alpha value is -2.68. The molecule has 3 aromatic rings. The number of likely N-dealkylation sites (N-methyl/N-ethyl adjacent to an activating group) is 1. The van der Waals surface area contributed by atoms with E-state index in [9.17, 15) is 13.2 Å². The Morgan fingerprint density at radius 3 is 2.47 bits per heavy atom. The second-order valence-corrected chi connectivity index (χ2v) is 10.4. The Bertz CT molecular complexity index is 1170. The van der Waals surface area contributed by atoms with Gasteiger partial charge in [-0.05, 0) is 62.0 Å². The van der Waals surface area contributed by atoms with E-state index in [1.165, 1.54) is 4.31 Å². The lowest BCUT2D eigenvalue weighted by Crippen LogP contribution is -2.44. The van der Waals surface area contributed by atoms with Crippen LogP contribution in [-0.2, 0) is 14.8 Å². The van der Waals surface area contributed by atoms with Gasteiger partial charge in [-0.25, -0.2) is 8.42 Å². The van der Waals surface area contributed by atoms with Crippen LogP contribution in [0.1, 0.15) is 24.6 Å². The van der Waals surface area contributed by atoms with Crippen LogP contribution in [0.5, 0.6) is 0 Å². The summed E-state index contributed by atoms with van der Waals surface area (Å²) in [7, 11) is 0.293. The van der Waals surface area contributed by atoms with Crippen molar-refractivity contribution in [3.8, 4) is 0 Å². The topological polar surface area (TPSA) is 82.9 Å². The number of hydrogen-bond acceptors (Lipinski definition) is 5. The summed E-state index contributed by atoms with van der Waals surface area (Å²) < 4.78 is 33.3. The van der Waals surface area contributed by atoms with E-state index in [0.717, 1.165) is 16.5 Å². The van der Waals surface area contributed by atoms with E-state index >= 15 is 0 Å². The van der Waals surface area contributed by atoms with Gasteiger partial charge in [-0.3, -0.25) is 9.69 Å². The molecule has 1 saturated heterocycles. The predicted molar refractivity (Wildman–Crippen MR) is 124 cm³/mol. The van der Waals surface area contributed by atoms with E-state index in [2.05, 4.69) is 5.32 Å². The van der Waals surface area contributed by atoms with Crippen molar-refractivity contribution >= 4 is 26.7 Å². The molecule has 0 radical (unpaired) electrons. The van der Waals surface area contributed by atoms with Crippen molar-refractivity contribution in [2.45, 2.75) is 23.8 Å². The van der Waals surface area contributed by atoms with Gasteiger partial charge in [0.15, 0.2) is 0 Å². The Morgan fingerprint density at radius 2 is 1.81 bits per heavy atom. The number of rotatable bonds is 7. The van der Waals surface area contributed by atoms with Crippen molar-refractivity contribution in [1.29, 1.82) is 0 Å². The smallest absolute Gasteiger partial charge is 0.243 e. The summed E-state index contributed by atoms with van der Waals surface area (Å²) in [6.45, 7) is 1.11.